The van der Waals surface area contributed by atoms with Gasteiger partial charge in [0.1, 0.15) is 0 Å². The Bertz CT molecular complexity index is 3820. The number of anilines is 6. The van der Waals surface area contributed by atoms with Gasteiger partial charge >= 0.3 is 0 Å². The fourth-order valence-electron chi connectivity index (χ4n) is 12.0. The molecule has 3 heteroatoms. The molecule has 0 atom stereocenters. The molecule has 344 valence electrons. The zero-order chi connectivity index (χ0) is 48.7. The van der Waals surface area contributed by atoms with Gasteiger partial charge in [-0.3, -0.25) is 0 Å². The van der Waals surface area contributed by atoms with Crippen molar-refractivity contribution in [1.82, 2.24) is 0 Å². The molecule has 0 aliphatic carbocycles. The number of benzene rings is 11. The number of hydrogen-bond donors (Lipinski definition) is 0. The Balaban J connectivity index is 1.15. The van der Waals surface area contributed by atoms with E-state index < -0.39 is 0 Å². The maximum Gasteiger partial charge on any atom is 0.252 e. The van der Waals surface area contributed by atoms with Crippen LogP contribution in [0.2, 0.25) is 0 Å². The summed E-state index contributed by atoms with van der Waals surface area (Å²) in [5.41, 5.74) is 21.8. The number of para-hydroxylation sites is 3. The van der Waals surface area contributed by atoms with Crippen molar-refractivity contribution >= 4 is 78.8 Å². The van der Waals surface area contributed by atoms with Crippen LogP contribution in [0, 0.1) is 0 Å². The molecule has 0 saturated heterocycles. The Morgan fingerprint density at radius 2 is 0.750 bits per heavy atom. The van der Waals surface area contributed by atoms with Gasteiger partial charge in [0.25, 0.3) is 6.71 Å². The van der Waals surface area contributed by atoms with Gasteiger partial charge in [-0.15, -0.1) is 0 Å². The second-order valence-electron chi connectivity index (χ2n) is 21.3. The molecule has 0 fully saturated rings. The summed E-state index contributed by atoms with van der Waals surface area (Å²) in [6.45, 7) is 11.8. The SMILES string of the molecule is CC(C)(C)c1ccc2c(c1)N(c1ccccc1)c1cc(-c3cc(-c4c5ccccc5c(-c5ccccc5)c5ccccc45)cc(C(C)(C)c4ccccc4)c3)cc3c1B2c1ccccc1N3c1ccccc1. The van der Waals surface area contributed by atoms with Crippen molar-refractivity contribution < 1.29 is 0 Å². The van der Waals surface area contributed by atoms with Gasteiger partial charge in [0.05, 0.1) is 0 Å². The van der Waals surface area contributed by atoms with Crippen LogP contribution in [0.15, 0.2) is 243 Å². The quantitative estimate of drug-likeness (QED) is 0.116. The first kappa shape index (κ1) is 43.6. The van der Waals surface area contributed by atoms with E-state index in [1.165, 1.54) is 111 Å². The minimum atomic E-state index is -0.331. The van der Waals surface area contributed by atoms with Gasteiger partial charge in [-0.2, -0.15) is 0 Å². The van der Waals surface area contributed by atoms with E-state index in [9.17, 15) is 0 Å². The van der Waals surface area contributed by atoms with E-state index in [1.54, 1.807) is 0 Å². The third-order valence-corrected chi connectivity index (χ3v) is 15.6. The highest BCUT2D eigenvalue weighted by Gasteiger charge is 2.44. The molecule has 13 rings (SSSR count). The average Bonchev–Trinajstić information content (AvgIpc) is 3.42. The van der Waals surface area contributed by atoms with Crippen LogP contribution in [0.4, 0.5) is 34.1 Å². The van der Waals surface area contributed by atoms with Gasteiger partial charge in [0.2, 0.25) is 0 Å². The van der Waals surface area contributed by atoms with E-state index in [0.717, 1.165) is 11.4 Å². The Hall–Kier alpha value is -8.40. The highest BCUT2D eigenvalue weighted by molar-refractivity contribution is 7.00. The molecule has 2 nitrogen and oxygen atoms in total. The van der Waals surface area contributed by atoms with Crippen LogP contribution in [0.3, 0.4) is 0 Å². The number of nitrogens with zero attached hydrogens (tertiary/aromatic N) is 2. The Morgan fingerprint density at radius 1 is 0.306 bits per heavy atom. The molecular formula is C69H55BN2. The van der Waals surface area contributed by atoms with Crippen LogP contribution in [0.5, 0.6) is 0 Å². The monoisotopic (exact) mass is 922 g/mol. The first-order valence-electron chi connectivity index (χ1n) is 25.5. The molecule has 2 aliphatic heterocycles. The molecule has 2 aliphatic rings. The van der Waals surface area contributed by atoms with Crippen molar-refractivity contribution in [3.05, 3.63) is 259 Å². The van der Waals surface area contributed by atoms with Crippen LogP contribution in [-0.4, -0.2) is 6.71 Å². The van der Waals surface area contributed by atoms with Crippen molar-refractivity contribution in [3.63, 3.8) is 0 Å². The lowest BCUT2D eigenvalue weighted by molar-refractivity contribution is 0.590. The van der Waals surface area contributed by atoms with Gasteiger partial charge in [-0.25, -0.2) is 0 Å². The molecule has 72 heavy (non-hydrogen) atoms. The minimum Gasteiger partial charge on any atom is -0.311 e. The number of rotatable bonds is 7. The molecule has 2 heterocycles. The summed E-state index contributed by atoms with van der Waals surface area (Å²) in [4.78, 5) is 5.08. The third-order valence-electron chi connectivity index (χ3n) is 15.6. The molecule has 0 bridgehead atoms. The van der Waals surface area contributed by atoms with Crippen LogP contribution in [0.25, 0.3) is 54.9 Å². The molecule has 0 spiro atoms. The van der Waals surface area contributed by atoms with Crippen molar-refractivity contribution in [2.24, 2.45) is 0 Å². The van der Waals surface area contributed by atoms with Crippen molar-refractivity contribution in [2.75, 3.05) is 9.80 Å². The lowest BCUT2D eigenvalue weighted by Crippen LogP contribution is -2.61. The fourth-order valence-corrected chi connectivity index (χ4v) is 12.0. The highest BCUT2D eigenvalue weighted by Crippen LogP contribution is 2.50. The minimum absolute atomic E-state index is 0.0176. The lowest BCUT2D eigenvalue weighted by Gasteiger charge is -2.44. The van der Waals surface area contributed by atoms with Crippen LogP contribution in [-0.2, 0) is 10.8 Å². The van der Waals surface area contributed by atoms with Gasteiger partial charge in [-0.05, 0) is 148 Å². The van der Waals surface area contributed by atoms with E-state index in [2.05, 4.69) is 287 Å². The molecule has 0 saturated carbocycles. The summed E-state index contributed by atoms with van der Waals surface area (Å²) in [5, 5.41) is 4.99. The van der Waals surface area contributed by atoms with Crippen LogP contribution >= 0.6 is 0 Å². The summed E-state index contributed by atoms with van der Waals surface area (Å²) in [7, 11) is 0. The predicted octanol–water partition coefficient (Wildman–Crippen LogP) is 16.7. The predicted molar refractivity (Wildman–Crippen MR) is 309 cm³/mol. The van der Waals surface area contributed by atoms with E-state index in [0.29, 0.717) is 0 Å². The Morgan fingerprint density at radius 3 is 1.32 bits per heavy atom. The second kappa shape index (κ2) is 16.9. The van der Waals surface area contributed by atoms with Crippen LogP contribution < -0.4 is 26.2 Å². The van der Waals surface area contributed by atoms with Gasteiger partial charge < -0.3 is 9.80 Å². The maximum atomic E-state index is 2.56. The summed E-state index contributed by atoms with van der Waals surface area (Å²) in [6, 6.07) is 90.8. The first-order valence-corrected chi connectivity index (χ1v) is 25.5. The standard InChI is InChI=1S/C69H55BN2/c1-68(2,3)51-38-39-60-62(45-51)72(54-30-16-9-17-31-54)64-44-48(43-63-67(64)70(60)59-36-22-23-37-61(59)71(63)53-28-14-8-15-29-53)47-40-49(42-52(41-47)69(4,5)50-26-12-7-13-27-50)66-57-34-20-18-32-55(57)65(46-24-10-6-11-25-46)56-33-19-21-35-58(56)66/h6-45H,1-5H3. The summed E-state index contributed by atoms with van der Waals surface area (Å²) < 4.78 is 0. The largest absolute Gasteiger partial charge is 0.311 e. The normalized spacial score (nSPS) is 13.0. The highest BCUT2D eigenvalue weighted by atomic mass is 15.2. The van der Waals surface area contributed by atoms with Gasteiger partial charge in [-0.1, -0.05) is 223 Å². The summed E-state index contributed by atoms with van der Waals surface area (Å²) in [6.07, 6.45) is 0. The summed E-state index contributed by atoms with van der Waals surface area (Å²) in [5.74, 6) is 0. The van der Waals surface area contributed by atoms with Crippen molar-refractivity contribution in [3.8, 4) is 33.4 Å². The van der Waals surface area contributed by atoms with E-state index in [1.807, 2.05) is 0 Å². The maximum absolute atomic E-state index is 2.56. The zero-order valence-corrected chi connectivity index (χ0v) is 41.6. The zero-order valence-electron chi connectivity index (χ0n) is 41.6. The van der Waals surface area contributed by atoms with Gasteiger partial charge in [0, 0.05) is 39.5 Å². The molecule has 0 aromatic heterocycles. The molecule has 11 aromatic carbocycles. The van der Waals surface area contributed by atoms with E-state index in [-0.39, 0.29) is 17.5 Å². The first-order chi connectivity index (χ1) is 35.1. The smallest absolute Gasteiger partial charge is 0.252 e. The van der Waals surface area contributed by atoms with Crippen molar-refractivity contribution in [1.29, 1.82) is 0 Å². The number of fused-ring (bicyclic) bond motifs is 6. The van der Waals surface area contributed by atoms with Crippen molar-refractivity contribution in [2.45, 2.75) is 45.4 Å². The molecule has 0 amide bonds. The fraction of sp³-hybridized carbons (Fsp3) is 0.101. The molecule has 0 N–H and O–H groups in total. The van der Waals surface area contributed by atoms with E-state index >= 15 is 0 Å². The van der Waals surface area contributed by atoms with Crippen LogP contribution in [0.1, 0.15) is 51.3 Å². The van der Waals surface area contributed by atoms with Gasteiger partial charge in [0.15, 0.2) is 0 Å². The molecule has 0 unspecified atom stereocenters. The Labute approximate surface area is 424 Å². The van der Waals surface area contributed by atoms with E-state index in [4.69, 9.17) is 0 Å². The molecular weight excluding hydrogens is 868 g/mol. The summed E-state index contributed by atoms with van der Waals surface area (Å²) >= 11 is 0. The topological polar surface area (TPSA) is 6.48 Å². The number of hydrogen-bond acceptors (Lipinski definition) is 2. The Kier molecular flexibility index (Phi) is 10.2. The third kappa shape index (κ3) is 7.01. The second-order valence-corrected chi connectivity index (χ2v) is 21.3. The lowest BCUT2D eigenvalue weighted by atomic mass is 9.33. The molecule has 0 radical (unpaired) electrons. The average molecular weight is 923 g/mol. The molecule has 11 aromatic rings.